The second-order valence-corrected chi connectivity index (χ2v) is 12.1. The fraction of sp³-hybridized carbons (Fsp3) is 0.542. The first-order chi connectivity index (χ1) is 17.6. The first kappa shape index (κ1) is 29.7. The average Bonchev–Trinajstić information content (AvgIpc) is 3.28. The van der Waals surface area contributed by atoms with E-state index in [1.807, 2.05) is 18.7 Å². The van der Waals surface area contributed by atoms with Crippen LogP contribution >= 0.6 is 11.3 Å². The van der Waals surface area contributed by atoms with Crippen LogP contribution in [-0.4, -0.2) is 63.9 Å². The van der Waals surface area contributed by atoms with Crippen molar-refractivity contribution >= 4 is 43.9 Å². The smallest absolute Gasteiger partial charge is 0.435 e. The van der Waals surface area contributed by atoms with Crippen molar-refractivity contribution in [3.8, 4) is 0 Å². The monoisotopic (exact) mass is 577 g/mol. The molecule has 0 N–H and O–H groups in total. The SMILES string of the molecule is CCOC(=O)c1sc(N2CCN(c3ccc(COC(C)=O)c(S(C)(=O)=O)c3)C[C@H]2C(C)C)nc1C(F)(F)F. The van der Waals surface area contributed by atoms with Gasteiger partial charge in [-0.25, -0.2) is 18.2 Å². The van der Waals surface area contributed by atoms with Crippen LogP contribution in [0.2, 0.25) is 0 Å². The molecule has 0 amide bonds. The van der Waals surface area contributed by atoms with Crippen molar-refractivity contribution in [2.24, 2.45) is 5.92 Å². The lowest BCUT2D eigenvalue weighted by molar-refractivity contribution is -0.142. The molecule has 3 rings (SSSR count). The number of rotatable bonds is 8. The highest BCUT2D eigenvalue weighted by molar-refractivity contribution is 7.90. The number of piperazine rings is 1. The summed E-state index contributed by atoms with van der Waals surface area (Å²) in [5.41, 5.74) is -0.300. The minimum atomic E-state index is -4.82. The number of thiazole rings is 1. The number of nitrogens with zero attached hydrogens (tertiary/aromatic N) is 3. The Kier molecular flexibility index (Phi) is 8.97. The van der Waals surface area contributed by atoms with Gasteiger partial charge in [0.15, 0.2) is 20.7 Å². The van der Waals surface area contributed by atoms with Gasteiger partial charge in [0.2, 0.25) is 0 Å². The van der Waals surface area contributed by atoms with E-state index in [-0.39, 0.29) is 35.2 Å². The Morgan fingerprint density at radius 1 is 1.21 bits per heavy atom. The molecule has 38 heavy (non-hydrogen) atoms. The fourth-order valence-corrected chi connectivity index (χ4v) is 6.20. The van der Waals surface area contributed by atoms with E-state index in [4.69, 9.17) is 9.47 Å². The molecule has 1 fully saturated rings. The third kappa shape index (κ3) is 6.76. The zero-order valence-corrected chi connectivity index (χ0v) is 23.3. The van der Waals surface area contributed by atoms with Crippen molar-refractivity contribution in [1.29, 1.82) is 0 Å². The van der Waals surface area contributed by atoms with Crippen molar-refractivity contribution in [2.45, 2.75) is 51.4 Å². The molecule has 2 heterocycles. The summed E-state index contributed by atoms with van der Waals surface area (Å²) >= 11 is 0.656. The van der Waals surface area contributed by atoms with E-state index in [2.05, 4.69) is 4.98 Å². The second-order valence-electron chi connectivity index (χ2n) is 9.19. The number of benzene rings is 1. The highest BCUT2D eigenvalue weighted by Gasteiger charge is 2.42. The number of carbonyl (C=O) groups is 2. The summed E-state index contributed by atoms with van der Waals surface area (Å²) in [7, 11) is -3.64. The third-order valence-electron chi connectivity index (χ3n) is 6.03. The number of hydrogen-bond donors (Lipinski definition) is 0. The number of halogens is 3. The summed E-state index contributed by atoms with van der Waals surface area (Å²) in [6, 6.07) is 4.55. The molecule has 0 radical (unpaired) electrons. The first-order valence-corrected chi connectivity index (χ1v) is 14.6. The summed E-state index contributed by atoms with van der Waals surface area (Å²) in [4.78, 5) is 30.4. The van der Waals surface area contributed by atoms with E-state index in [9.17, 15) is 31.2 Å². The number of anilines is 2. The Morgan fingerprint density at radius 2 is 1.89 bits per heavy atom. The third-order valence-corrected chi connectivity index (χ3v) is 8.28. The Labute approximate surface area is 223 Å². The maximum absolute atomic E-state index is 13.7. The van der Waals surface area contributed by atoms with Gasteiger partial charge in [-0.05, 0) is 25.0 Å². The average molecular weight is 578 g/mol. The highest BCUT2D eigenvalue weighted by Crippen LogP contribution is 2.40. The number of ether oxygens (including phenoxy) is 2. The molecule has 1 saturated heterocycles. The molecule has 0 spiro atoms. The quantitative estimate of drug-likeness (QED) is 0.428. The summed E-state index contributed by atoms with van der Waals surface area (Å²) in [6.07, 6.45) is -3.75. The van der Waals surface area contributed by atoms with Crippen LogP contribution in [-0.2, 0) is 36.9 Å². The fourth-order valence-electron chi connectivity index (χ4n) is 4.20. The van der Waals surface area contributed by atoms with Crippen LogP contribution < -0.4 is 9.80 Å². The van der Waals surface area contributed by atoms with Crippen molar-refractivity contribution in [2.75, 3.05) is 42.3 Å². The van der Waals surface area contributed by atoms with Gasteiger partial charge >= 0.3 is 18.1 Å². The van der Waals surface area contributed by atoms with Gasteiger partial charge in [-0.15, -0.1) is 0 Å². The van der Waals surface area contributed by atoms with Crippen molar-refractivity contribution in [1.82, 2.24) is 4.98 Å². The molecule has 210 valence electrons. The van der Waals surface area contributed by atoms with Gasteiger partial charge < -0.3 is 19.3 Å². The molecule has 9 nitrogen and oxygen atoms in total. The highest BCUT2D eigenvalue weighted by atomic mass is 32.2. The largest absolute Gasteiger partial charge is 0.462 e. The van der Waals surface area contributed by atoms with E-state index in [0.717, 1.165) is 6.26 Å². The molecule has 0 bridgehead atoms. The number of esters is 2. The number of alkyl halides is 3. The molecule has 0 aliphatic carbocycles. The summed E-state index contributed by atoms with van der Waals surface area (Å²) in [5, 5.41) is 0.0762. The predicted octanol–water partition coefficient (Wildman–Crippen LogP) is 4.16. The molecular formula is C24H30F3N3O6S2. The maximum Gasteiger partial charge on any atom is 0.435 e. The van der Waals surface area contributed by atoms with E-state index < -0.39 is 38.5 Å². The van der Waals surface area contributed by atoms with Crippen molar-refractivity contribution in [3.63, 3.8) is 0 Å². The first-order valence-electron chi connectivity index (χ1n) is 11.9. The van der Waals surface area contributed by atoms with Gasteiger partial charge in [0.1, 0.15) is 11.5 Å². The molecule has 0 unspecified atom stereocenters. The van der Waals surface area contributed by atoms with Crippen LogP contribution in [0.3, 0.4) is 0 Å². The van der Waals surface area contributed by atoms with Gasteiger partial charge in [-0.2, -0.15) is 13.2 Å². The molecular weight excluding hydrogens is 547 g/mol. The molecule has 1 aliphatic heterocycles. The molecule has 1 aromatic carbocycles. The lowest BCUT2D eigenvalue weighted by Crippen LogP contribution is -2.55. The Hall–Kier alpha value is -2.87. The van der Waals surface area contributed by atoms with Gasteiger partial charge in [-0.1, -0.05) is 31.3 Å². The summed E-state index contributed by atoms with van der Waals surface area (Å²) in [6.45, 7) is 7.38. The van der Waals surface area contributed by atoms with E-state index in [1.54, 1.807) is 17.0 Å². The Balaban J connectivity index is 1.93. The maximum atomic E-state index is 13.7. The van der Waals surface area contributed by atoms with E-state index in [0.29, 0.717) is 42.2 Å². The zero-order chi connectivity index (χ0) is 28.4. The van der Waals surface area contributed by atoms with E-state index in [1.165, 1.54) is 19.9 Å². The standard InChI is InChI=1S/C24H30F3N3O6S2/c1-6-35-22(32)20-21(24(25,26)27)28-23(37-20)30-10-9-29(12-18(30)14(2)3)17-8-7-16(13-36-15(4)31)19(11-17)38(5,33)34/h7-8,11,14,18H,6,9-10,12-13H2,1-5H3/t18-/m0/s1. The molecule has 1 aromatic heterocycles. The number of carbonyl (C=O) groups excluding carboxylic acids is 2. The predicted molar refractivity (Wildman–Crippen MR) is 136 cm³/mol. The molecule has 1 aliphatic rings. The van der Waals surface area contributed by atoms with Crippen LogP contribution in [0, 0.1) is 5.92 Å². The molecule has 2 aromatic rings. The lowest BCUT2D eigenvalue weighted by atomic mass is 9.99. The van der Waals surface area contributed by atoms with Crippen LogP contribution in [0.1, 0.15) is 48.6 Å². The van der Waals surface area contributed by atoms with Crippen LogP contribution in [0.15, 0.2) is 23.1 Å². The normalized spacial score (nSPS) is 16.6. The van der Waals surface area contributed by atoms with Crippen LogP contribution in [0.4, 0.5) is 24.0 Å². The minimum absolute atomic E-state index is 0.0142. The number of sulfone groups is 1. The van der Waals surface area contributed by atoms with Gasteiger partial charge in [0.05, 0.1) is 17.5 Å². The van der Waals surface area contributed by atoms with Crippen molar-refractivity contribution in [3.05, 3.63) is 34.3 Å². The van der Waals surface area contributed by atoms with Crippen LogP contribution in [0.5, 0.6) is 0 Å². The van der Waals surface area contributed by atoms with Gasteiger partial charge in [-0.3, -0.25) is 4.79 Å². The molecule has 0 saturated carbocycles. The Morgan fingerprint density at radius 3 is 2.45 bits per heavy atom. The van der Waals surface area contributed by atoms with E-state index >= 15 is 0 Å². The number of aromatic nitrogens is 1. The topological polar surface area (TPSA) is 106 Å². The zero-order valence-electron chi connectivity index (χ0n) is 21.7. The summed E-state index contributed by atoms with van der Waals surface area (Å²) < 4.78 is 75.7. The lowest BCUT2D eigenvalue weighted by Gasteiger charge is -2.44. The van der Waals surface area contributed by atoms with Crippen LogP contribution in [0.25, 0.3) is 0 Å². The van der Waals surface area contributed by atoms with Gasteiger partial charge in [0, 0.05) is 44.1 Å². The molecule has 1 atom stereocenters. The van der Waals surface area contributed by atoms with Crippen molar-refractivity contribution < 1.29 is 40.7 Å². The number of hydrogen-bond acceptors (Lipinski definition) is 10. The second kappa shape index (κ2) is 11.5. The summed E-state index contributed by atoms with van der Waals surface area (Å²) in [5.74, 6) is -1.61. The van der Waals surface area contributed by atoms with Gasteiger partial charge in [0.25, 0.3) is 0 Å². The molecule has 14 heteroatoms. The minimum Gasteiger partial charge on any atom is -0.462 e. The Bertz CT molecular complexity index is 1290.